The Labute approximate surface area is 200 Å². The molecule has 4 rings (SSSR count). The van der Waals surface area contributed by atoms with E-state index in [1.807, 2.05) is 19.1 Å². The largest absolute Gasteiger partial charge is 0.496 e. The fraction of sp³-hybridized carbons (Fsp3) is 0.393. The fourth-order valence-corrected chi connectivity index (χ4v) is 5.33. The molecule has 0 bridgehead atoms. The van der Waals surface area contributed by atoms with Crippen LogP contribution in [0.2, 0.25) is 0 Å². The van der Waals surface area contributed by atoms with E-state index in [9.17, 15) is 4.39 Å². The Morgan fingerprint density at radius 2 is 1.91 bits per heavy atom. The van der Waals surface area contributed by atoms with Crippen molar-refractivity contribution in [1.29, 1.82) is 0 Å². The van der Waals surface area contributed by atoms with Gasteiger partial charge in [-0.3, -0.25) is 0 Å². The van der Waals surface area contributed by atoms with Crippen LogP contribution in [-0.4, -0.2) is 18.6 Å². The van der Waals surface area contributed by atoms with Crippen molar-refractivity contribution >= 4 is 16.5 Å². The summed E-state index contributed by atoms with van der Waals surface area (Å²) in [7, 11) is 1.69. The summed E-state index contributed by atoms with van der Waals surface area (Å²) in [6, 6.07) is 9.77. The van der Waals surface area contributed by atoms with Crippen LogP contribution < -0.4 is 9.64 Å². The van der Waals surface area contributed by atoms with Gasteiger partial charge in [-0.25, -0.2) is 9.37 Å². The number of anilines is 1. The first-order valence-corrected chi connectivity index (χ1v) is 12.2. The maximum atomic E-state index is 14.5. The predicted molar refractivity (Wildman–Crippen MR) is 136 cm³/mol. The highest BCUT2D eigenvalue weighted by Gasteiger charge is 2.32. The first-order chi connectivity index (χ1) is 15.8. The number of methoxy groups -OCH3 is 1. The van der Waals surface area contributed by atoms with E-state index < -0.39 is 0 Å². The number of halogens is 1. The molecule has 1 fully saturated rings. The standard InChI is InChI=1S/C28H31FN2OS/c1-7-12-31(25(15-21-9-10-21)22-11-8-17(2)24(29)16-22)28-30-27(20(5)33-28)23-13-19(4)26(32-6)14-18(23)3/h1,8,11,13-14,16,21,25H,9-10,12,15H2,2-6H3. The smallest absolute Gasteiger partial charge is 0.187 e. The summed E-state index contributed by atoms with van der Waals surface area (Å²) in [5.41, 5.74) is 5.90. The SMILES string of the molecule is C#CCN(c1nc(-c2cc(C)c(OC)cc2C)c(C)s1)C(CC1CC1)c1ccc(C)c(F)c1. The molecule has 0 saturated heterocycles. The van der Waals surface area contributed by atoms with Gasteiger partial charge in [0.2, 0.25) is 0 Å². The molecule has 33 heavy (non-hydrogen) atoms. The van der Waals surface area contributed by atoms with Gasteiger partial charge in [0.1, 0.15) is 11.6 Å². The number of rotatable bonds is 8. The summed E-state index contributed by atoms with van der Waals surface area (Å²) >= 11 is 1.65. The quantitative estimate of drug-likeness (QED) is 0.332. The molecule has 1 atom stereocenters. The van der Waals surface area contributed by atoms with Gasteiger partial charge in [0.15, 0.2) is 5.13 Å². The van der Waals surface area contributed by atoms with E-state index in [1.165, 1.54) is 12.8 Å². The van der Waals surface area contributed by atoms with Crippen LogP contribution in [0.15, 0.2) is 30.3 Å². The number of aromatic nitrogens is 1. The zero-order chi connectivity index (χ0) is 23.7. The molecular weight excluding hydrogens is 431 g/mol. The Morgan fingerprint density at radius 3 is 2.55 bits per heavy atom. The summed E-state index contributed by atoms with van der Waals surface area (Å²) in [5.74, 6) is 4.19. The summed E-state index contributed by atoms with van der Waals surface area (Å²) in [5, 5.41) is 0.889. The number of aryl methyl sites for hydroxylation is 4. The van der Waals surface area contributed by atoms with Crippen molar-refractivity contribution in [2.75, 3.05) is 18.6 Å². The van der Waals surface area contributed by atoms with Crippen molar-refractivity contribution in [3.05, 3.63) is 63.3 Å². The van der Waals surface area contributed by atoms with Crippen LogP contribution in [-0.2, 0) is 0 Å². The first kappa shape index (κ1) is 23.3. The van der Waals surface area contributed by atoms with Crippen LogP contribution in [0, 0.1) is 51.8 Å². The molecule has 3 aromatic rings. The fourth-order valence-electron chi connectivity index (χ4n) is 4.36. The van der Waals surface area contributed by atoms with Gasteiger partial charge >= 0.3 is 0 Å². The molecule has 0 N–H and O–H groups in total. The highest BCUT2D eigenvalue weighted by molar-refractivity contribution is 7.16. The minimum atomic E-state index is -0.172. The zero-order valence-corrected chi connectivity index (χ0v) is 20.9. The molecule has 0 radical (unpaired) electrons. The second kappa shape index (κ2) is 9.57. The van der Waals surface area contributed by atoms with Crippen LogP contribution in [0.3, 0.4) is 0 Å². The highest BCUT2D eigenvalue weighted by Crippen LogP contribution is 2.44. The van der Waals surface area contributed by atoms with E-state index in [-0.39, 0.29) is 11.9 Å². The molecular formula is C28H31FN2OS. The minimum Gasteiger partial charge on any atom is -0.496 e. The lowest BCUT2D eigenvalue weighted by molar-refractivity contribution is 0.411. The summed E-state index contributed by atoms with van der Waals surface area (Å²) in [6.45, 7) is 8.46. The number of nitrogens with zero attached hydrogens (tertiary/aromatic N) is 2. The van der Waals surface area contributed by atoms with E-state index in [1.54, 1.807) is 31.4 Å². The lowest BCUT2D eigenvalue weighted by atomic mass is 9.98. The van der Waals surface area contributed by atoms with Crippen molar-refractivity contribution in [3.8, 4) is 29.4 Å². The van der Waals surface area contributed by atoms with Gasteiger partial charge in [0.05, 0.1) is 25.4 Å². The molecule has 1 heterocycles. The van der Waals surface area contributed by atoms with Crippen molar-refractivity contribution in [2.45, 2.75) is 53.0 Å². The Hall–Kier alpha value is -2.84. The second-order valence-electron chi connectivity index (χ2n) is 9.07. The van der Waals surface area contributed by atoms with Crippen molar-refractivity contribution in [1.82, 2.24) is 4.98 Å². The molecule has 1 unspecified atom stereocenters. The van der Waals surface area contributed by atoms with Gasteiger partial charge in [-0.15, -0.1) is 17.8 Å². The molecule has 2 aromatic carbocycles. The van der Waals surface area contributed by atoms with Crippen LogP contribution in [0.1, 0.15) is 52.4 Å². The lowest BCUT2D eigenvalue weighted by Crippen LogP contribution is -2.29. The lowest BCUT2D eigenvalue weighted by Gasteiger charge is -2.31. The van der Waals surface area contributed by atoms with Crippen LogP contribution in [0.5, 0.6) is 5.75 Å². The Morgan fingerprint density at radius 1 is 1.15 bits per heavy atom. The molecule has 1 aliphatic carbocycles. The second-order valence-corrected chi connectivity index (χ2v) is 10.3. The first-order valence-electron chi connectivity index (χ1n) is 11.4. The topological polar surface area (TPSA) is 25.4 Å². The zero-order valence-electron chi connectivity index (χ0n) is 20.0. The third kappa shape index (κ3) is 4.91. The maximum Gasteiger partial charge on any atom is 0.187 e. The molecule has 1 aromatic heterocycles. The number of thiazole rings is 1. The monoisotopic (exact) mass is 462 g/mol. The van der Waals surface area contributed by atoms with Gasteiger partial charge in [-0.2, -0.15) is 0 Å². The number of hydrogen-bond acceptors (Lipinski definition) is 4. The van der Waals surface area contributed by atoms with Crippen LogP contribution >= 0.6 is 11.3 Å². The summed E-state index contributed by atoms with van der Waals surface area (Å²) in [4.78, 5) is 8.41. The molecule has 5 heteroatoms. The number of ether oxygens (including phenoxy) is 1. The third-order valence-electron chi connectivity index (χ3n) is 6.50. The number of benzene rings is 2. The molecule has 0 aliphatic heterocycles. The van der Waals surface area contributed by atoms with E-state index in [4.69, 9.17) is 16.1 Å². The predicted octanol–water partition coefficient (Wildman–Crippen LogP) is 7.17. The summed E-state index contributed by atoms with van der Waals surface area (Å²) < 4.78 is 20.0. The van der Waals surface area contributed by atoms with Crippen molar-refractivity contribution < 1.29 is 9.13 Å². The number of terminal acetylenes is 1. The average Bonchev–Trinajstić information content (AvgIpc) is 3.53. The third-order valence-corrected chi connectivity index (χ3v) is 7.51. The highest BCUT2D eigenvalue weighted by atomic mass is 32.1. The van der Waals surface area contributed by atoms with Gasteiger partial charge in [0, 0.05) is 10.4 Å². The molecule has 172 valence electrons. The van der Waals surface area contributed by atoms with Crippen LogP contribution in [0.4, 0.5) is 9.52 Å². The van der Waals surface area contributed by atoms with Gasteiger partial charge in [-0.05, 0) is 80.5 Å². The Bertz CT molecular complexity index is 1210. The molecule has 1 aliphatic rings. The Balaban J connectivity index is 1.76. The van der Waals surface area contributed by atoms with E-state index in [0.717, 1.165) is 50.1 Å². The molecule has 1 saturated carbocycles. The van der Waals surface area contributed by atoms with E-state index in [2.05, 4.69) is 36.8 Å². The van der Waals surface area contributed by atoms with Crippen molar-refractivity contribution in [2.24, 2.45) is 5.92 Å². The minimum absolute atomic E-state index is 0.000695. The van der Waals surface area contributed by atoms with Gasteiger partial charge in [0.25, 0.3) is 0 Å². The maximum absolute atomic E-state index is 14.5. The number of hydrogen-bond donors (Lipinski definition) is 0. The van der Waals surface area contributed by atoms with E-state index in [0.29, 0.717) is 18.0 Å². The van der Waals surface area contributed by atoms with Crippen molar-refractivity contribution in [3.63, 3.8) is 0 Å². The molecule has 0 amide bonds. The van der Waals surface area contributed by atoms with Gasteiger partial charge in [-0.1, -0.05) is 30.9 Å². The Kier molecular flexibility index (Phi) is 6.76. The molecule has 3 nitrogen and oxygen atoms in total. The average molecular weight is 463 g/mol. The normalized spacial score (nSPS) is 14.1. The molecule has 0 spiro atoms. The van der Waals surface area contributed by atoms with Crippen LogP contribution in [0.25, 0.3) is 11.3 Å². The van der Waals surface area contributed by atoms with Gasteiger partial charge < -0.3 is 9.64 Å². The summed E-state index contributed by atoms with van der Waals surface area (Å²) in [6.07, 6.45) is 9.22. The van der Waals surface area contributed by atoms with E-state index >= 15 is 0 Å².